The number of carbonyl (C=O) groups is 1. The van der Waals surface area contributed by atoms with Crippen molar-refractivity contribution in [3.8, 4) is 17.3 Å². The molecule has 2 saturated carbocycles. The van der Waals surface area contributed by atoms with Crippen LogP contribution in [0.2, 0.25) is 0 Å². The summed E-state index contributed by atoms with van der Waals surface area (Å²) in [6.07, 6.45) is 7.66. The number of imidazole rings is 1. The first-order valence-electron chi connectivity index (χ1n) is 14.6. The molecule has 40 heavy (non-hydrogen) atoms. The Hall–Kier alpha value is -3.43. The second kappa shape index (κ2) is 9.59. The van der Waals surface area contributed by atoms with Crippen molar-refractivity contribution in [2.75, 3.05) is 20.2 Å². The summed E-state index contributed by atoms with van der Waals surface area (Å²) in [6.45, 7) is 4.80. The number of likely N-dealkylation sites (tertiary alicyclic amines) is 1. The highest BCUT2D eigenvalue weighted by Crippen LogP contribution is 2.42. The van der Waals surface area contributed by atoms with Crippen molar-refractivity contribution in [1.82, 2.24) is 24.0 Å². The molecule has 3 N–H and O–H groups in total. The lowest BCUT2D eigenvalue weighted by atomic mass is 9.72. The van der Waals surface area contributed by atoms with Gasteiger partial charge in [-0.3, -0.25) is 4.79 Å². The summed E-state index contributed by atoms with van der Waals surface area (Å²) >= 11 is 0. The quantitative estimate of drug-likeness (QED) is 0.362. The molecule has 2 aliphatic carbocycles. The zero-order chi connectivity index (χ0) is 27.6. The van der Waals surface area contributed by atoms with Crippen LogP contribution < -0.4 is 10.5 Å². The summed E-state index contributed by atoms with van der Waals surface area (Å²) < 4.78 is 10.5. The van der Waals surface area contributed by atoms with E-state index in [1.807, 2.05) is 36.2 Å². The Bertz CT molecular complexity index is 1590. The predicted molar refractivity (Wildman–Crippen MR) is 154 cm³/mol. The number of nitrogens with two attached hydrogens (primary N) is 1. The van der Waals surface area contributed by atoms with E-state index in [-0.39, 0.29) is 11.9 Å². The van der Waals surface area contributed by atoms with Crippen molar-refractivity contribution >= 4 is 28.0 Å². The third-order valence-electron chi connectivity index (χ3n) is 8.94. The third kappa shape index (κ3) is 4.55. The van der Waals surface area contributed by atoms with E-state index in [4.69, 9.17) is 20.4 Å². The van der Waals surface area contributed by atoms with Crippen molar-refractivity contribution < 1.29 is 14.6 Å². The molecule has 0 radical (unpaired) electrons. The molecule has 0 spiro atoms. The number of aliphatic hydroxyl groups is 1. The zero-order valence-electron chi connectivity index (χ0n) is 23.3. The first-order chi connectivity index (χ1) is 19.3. The average molecular weight is 543 g/mol. The molecule has 0 bridgehead atoms. The predicted octanol–water partition coefficient (Wildman–Crippen LogP) is 4.20. The number of rotatable bonds is 7. The number of fused-ring (bicyclic) bond motifs is 2. The number of methoxy groups -OCH3 is 1. The van der Waals surface area contributed by atoms with Gasteiger partial charge in [-0.2, -0.15) is 0 Å². The van der Waals surface area contributed by atoms with E-state index < -0.39 is 5.60 Å². The van der Waals surface area contributed by atoms with Crippen LogP contribution in [0.15, 0.2) is 36.5 Å². The smallest absolute Gasteiger partial charge is 0.254 e. The van der Waals surface area contributed by atoms with Crippen LogP contribution in [-0.2, 0) is 13.1 Å². The van der Waals surface area contributed by atoms with Crippen LogP contribution >= 0.6 is 0 Å². The van der Waals surface area contributed by atoms with Crippen molar-refractivity contribution in [2.45, 2.75) is 70.2 Å². The van der Waals surface area contributed by atoms with E-state index in [1.165, 1.54) is 12.8 Å². The molecule has 7 rings (SSSR count). The Morgan fingerprint density at radius 2 is 1.95 bits per heavy atom. The number of benzene rings is 1. The molecule has 210 valence electrons. The van der Waals surface area contributed by atoms with Gasteiger partial charge in [0, 0.05) is 49.4 Å². The maximum atomic E-state index is 13.6. The van der Waals surface area contributed by atoms with Gasteiger partial charge < -0.3 is 29.6 Å². The molecule has 1 saturated heterocycles. The van der Waals surface area contributed by atoms with Gasteiger partial charge in [-0.05, 0) is 87.6 Å². The zero-order valence-corrected chi connectivity index (χ0v) is 23.3. The number of pyridine rings is 1. The van der Waals surface area contributed by atoms with Gasteiger partial charge >= 0.3 is 0 Å². The van der Waals surface area contributed by atoms with E-state index in [2.05, 4.69) is 21.3 Å². The molecule has 1 amide bonds. The second-order valence-electron chi connectivity index (χ2n) is 12.5. The number of aromatic nitrogens is 4. The Balaban J connectivity index is 1.38. The van der Waals surface area contributed by atoms with Crippen molar-refractivity contribution in [3.63, 3.8) is 0 Å². The molecule has 1 unspecified atom stereocenters. The third-order valence-corrected chi connectivity index (χ3v) is 8.94. The monoisotopic (exact) mass is 542 g/mol. The van der Waals surface area contributed by atoms with Crippen LogP contribution in [0, 0.1) is 11.8 Å². The number of amides is 1. The lowest BCUT2D eigenvalue weighted by Crippen LogP contribution is -2.45. The number of carbonyl (C=O) groups excluding carboxylic acids is 1. The maximum Gasteiger partial charge on any atom is 0.254 e. The maximum absolute atomic E-state index is 13.6. The number of ether oxygens (including phenoxy) is 1. The molecule has 4 aromatic rings. The summed E-state index contributed by atoms with van der Waals surface area (Å²) in [6, 6.07) is 10.0. The van der Waals surface area contributed by atoms with Gasteiger partial charge in [0.15, 0.2) is 5.82 Å². The Kier molecular flexibility index (Phi) is 6.12. The molecule has 4 heterocycles. The number of piperidine rings is 1. The molecule has 1 aromatic carbocycles. The van der Waals surface area contributed by atoms with Gasteiger partial charge in [0.1, 0.15) is 16.9 Å². The largest absolute Gasteiger partial charge is 0.494 e. The van der Waals surface area contributed by atoms with Gasteiger partial charge in [-0.25, -0.2) is 9.97 Å². The van der Waals surface area contributed by atoms with E-state index in [0.717, 1.165) is 65.8 Å². The fourth-order valence-corrected chi connectivity index (χ4v) is 6.85. The fraction of sp³-hybridized carbons (Fsp3) is 0.516. The molecule has 3 aliphatic rings. The number of nitrogens with zero attached hydrogens (tertiary/aromatic N) is 5. The van der Waals surface area contributed by atoms with E-state index in [1.54, 1.807) is 7.11 Å². The van der Waals surface area contributed by atoms with Crippen molar-refractivity contribution in [2.24, 2.45) is 17.6 Å². The Morgan fingerprint density at radius 3 is 2.67 bits per heavy atom. The summed E-state index contributed by atoms with van der Waals surface area (Å²) in [4.78, 5) is 25.4. The lowest BCUT2D eigenvalue weighted by molar-refractivity contribution is -0.0613. The highest BCUT2D eigenvalue weighted by molar-refractivity contribution is 6.00. The lowest BCUT2D eigenvalue weighted by Gasteiger charge is -2.41. The van der Waals surface area contributed by atoms with E-state index in [9.17, 15) is 9.90 Å². The number of hydrogen-bond acceptors (Lipinski definition) is 6. The fourth-order valence-electron chi connectivity index (χ4n) is 6.85. The first kappa shape index (κ1) is 25.5. The highest BCUT2D eigenvalue weighted by atomic mass is 16.5. The van der Waals surface area contributed by atoms with Crippen molar-refractivity contribution in [1.29, 1.82) is 0 Å². The average Bonchev–Trinajstić information content (AvgIpc) is 3.58. The minimum absolute atomic E-state index is 0.0100. The van der Waals surface area contributed by atoms with Crippen LogP contribution in [0.4, 0.5) is 0 Å². The van der Waals surface area contributed by atoms with Crippen LogP contribution in [0.3, 0.4) is 0 Å². The second-order valence-corrected chi connectivity index (χ2v) is 12.5. The molecular weight excluding hydrogens is 504 g/mol. The summed E-state index contributed by atoms with van der Waals surface area (Å²) in [5, 5.41) is 11.6. The molecule has 3 fully saturated rings. The van der Waals surface area contributed by atoms with Crippen LogP contribution in [0.5, 0.6) is 5.75 Å². The molecule has 9 nitrogen and oxygen atoms in total. The molecule has 3 aromatic heterocycles. The highest BCUT2D eigenvalue weighted by Gasteiger charge is 2.39. The molecule has 9 heteroatoms. The minimum Gasteiger partial charge on any atom is -0.494 e. The topological polar surface area (TPSA) is 111 Å². The van der Waals surface area contributed by atoms with E-state index >= 15 is 0 Å². The van der Waals surface area contributed by atoms with Gasteiger partial charge in [-0.1, -0.05) is 0 Å². The molecule has 1 atom stereocenters. The van der Waals surface area contributed by atoms with E-state index in [0.29, 0.717) is 42.8 Å². The van der Waals surface area contributed by atoms with Gasteiger partial charge in [0.25, 0.3) is 5.91 Å². The summed E-state index contributed by atoms with van der Waals surface area (Å²) in [5.74, 6) is 2.43. The van der Waals surface area contributed by atoms with Crippen LogP contribution in [0.1, 0.15) is 55.8 Å². The van der Waals surface area contributed by atoms with Crippen molar-refractivity contribution in [3.05, 3.63) is 42.1 Å². The Morgan fingerprint density at radius 1 is 1.15 bits per heavy atom. The summed E-state index contributed by atoms with van der Waals surface area (Å²) in [5.41, 5.74) is 9.75. The molecular formula is C31H38N6O3. The minimum atomic E-state index is -0.620. The SMILES string of the molecule is COc1cc(C(=O)N2CCCC(N)C2)cc2nc(-c3cc4cccnc4n3CC3CC3)n(CC3CC(C)(O)C3)c12. The standard InChI is InChI=1S/C31H38N6O3/c1-31(39)14-20(15-31)17-37-27-24(11-22(13-26(27)40-2)30(38)35-10-4-6-23(32)18-35)34-29(37)25-12-21-5-3-9-33-28(21)36(25)16-19-7-8-19/h3,5,9,11-13,19-20,23,39H,4,6-8,10,14-18,32H2,1-2H3. The number of hydrogen-bond donors (Lipinski definition) is 2. The first-order valence-corrected chi connectivity index (χ1v) is 14.6. The molecule has 1 aliphatic heterocycles. The van der Waals surface area contributed by atoms with Gasteiger partial charge in [-0.15, -0.1) is 0 Å². The van der Waals surface area contributed by atoms with Gasteiger partial charge in [0.05, 0.1) is 23.9 Å². The van der Waals surface area contributed by atoms with Crippen LogP contribution in [-0.4, -0.2) is 66.9 Å². The van der Waals surface area contributed by atoms with Gasteiger partial charge in [0.2, 0.25) is 0 Å². The van der Waals surface area contributed by atoms with Crippen LogP contribution in [0.25, 0.3) is 33.6 Å². The Labute approximate surface area is 233 Å². The normalized spacial score (nSPS) is 24.9. The summed E-state index contributed by atoms with van der Waals surface area (Å²) in [7, 11) is 1.65.